The lowest BCUT2D eigenvalue weighted by Gasteiger charge is -2.13. The molecule has 7 heteroatoms. The maximum atomic E-state index is 12.2. The van der Waals surface area contributed by atoms with Gasteiger partial charge >= 0.3 is 0 Å². The van der Waals surface area contributed by atoms with Crippen LogP contribution in [0.1, 0.15) is 24.8 Å². The molecule has 1 saturated heterocycles. The van der Waals surface area contributed by atoms with Crippen LogP contribution in [0.4, 0.5) is 0 Å². The van der Waals surface area contributed by atoms with Crippen LogP contribution in [0, 0.1) is 0 Å². The van der Waals surface area contributed by atoms with E-state index in [0.29, 0.717) is 19.6 Å². The number of hydrogen-bond donors (Lipinski definition) is 0. The van der Waals surface area contributed by atoms with Gasteiger partial charge in [-0.25, -0.2) is 13.4 Å². The average molecular weight is 336 g/mol. The molecule has 1 atom stereocenters. The summed E-state index contributed by atoms with van der Waals surface area (Å²) in [6, 6.07) is 9.60. The summed E-state index contributed by atoms with van der Waals surface area (Å²) in [4.78, 5) is 12.2. The van der Waals surface area contributed by atoms with E-state index < -0.39 is 21.5 Å². The number of hydrazone groups is 1. The van der Waals surface area contributed by atoms with Crippen molar-refractivity contribution in [3.63, 3.8) is 0 Å². The molecule has 3 rings (SSSR count). The Balaban J connectivity index is 1.61. The Bertz CT molecular complexity index is 694. The van der Waals surface area contributed by atoms with Crippen LogP contribution in [0.5, 0.6) is 0 Å². The second kappa shape index (κ2) is 6.80. The topological polar surface area (TPSA) is 76.0 Å². The lowest BCUT2D eigenvalue weighted by Crippen LogP contribution is -2.33. The van der Waals surface area contributed by atoms with Gasteiger partial charge in [0.1, 0.15) is 5.75 Å². The Hall–Kier alpha value is -1.73. The van der Waals surface area contributed by atoms with Crippen molar-refractivity contribution in [3.05, 3.63) is 35.9 Å². The molecule has 0 aromatic heterocycles. The number of amides is 1. The monoisotopic (exact) mass is 336 g/mol. The first kappa shape index (κ1) is 16.1. The van der Waals surface area contributed by atoms with Crippen molar-refractivity contribution >= 4 is 21.5 Å². The predicted octanol–water partition coefficient (Wildman–Crippen LogP) is 1.22. The van der Waals surface area contributed by atoms with E-state index in [0.717, 1.165) is 24.1 Å². The molecule has 1 fully saturated rings. The van der Waals surface area contributed by atoms with Crippen molar-refractivity contribution in [2.45, 2.75) is 25.4 Å². The number of benzene rings is 1. The Labute approximate surface area is 136 Å². The third-order valence-electron chi connectivity index (χ3n) is 4.00. The van der Waals surface area contributed by atoms with Crippen LogP contribution in [0.2, 0.25) is 0 Å². The molecule has 1 unspecified atom stereocenters. The first-order chi connectivity index (χ1) is 11.0. The van der Waals surface area contributed by atoms with Crippen LogP contribution in [0.15, 0.2) is 35.4 Å². The molecule has 1 aromatic rings. The van der Waals surface area contributed by atoms with Crippen LogP contribution in [0.25, 0.3) is 0 Å². The van der Waals surface area contributed by atoms with Crippen molar-refractivity contribution in [1.82, 2.24) is 5.01 Å². The zero-order valence-electron chi connectivity index (χ0n) is 12.8. The molecule has 2 aliphatic heterocycles. The zero-order valence-corrected chi connectivity index (χ0v) is 13.7. The Morgan fingerprint density at radius 3 is 2.78 bits per heavy atom. The van der Waals surface area contributed by atoms with Crippen LogP contribution in [0.3, 0.4) is 0 Å². The van der Waals surface area contributed by atoms with Gasteiger partial charge in [0.25, 0.3) is 5.91 Å². The normalized spacial score (nSPS) is 21.5. The lowest BCUT2D eigenvalue weighted by atomic mass is 10.1. The summed E-state index contributed by atoms with van der Waals surface area (Å²) in [6.07, 6.45) is 2.00. The highest BCUT2D eigenvalue weighted by Gasteiger charge is 2.29. The predicted molar refractivity (Wildman–Crippen MR) is 86.9 cm³/mol. The van der Waals surface area contributed by atoms with Crippen LogP contribution in [-0.2, 0) is 19.4 Å². The second-order valence-electron chi connectivity index (χ2n) is 5.87. The van der Waals surface area contributed by atoms with Gasteiger partial charge in [0, 0.05) is 13.0 Å². The summed E-state index contributed by atoms with van der Waals surface area (Å²) in [5, 5.41) is 5.55. The number of sulfone groups is 1. The number of ether oxygens (including phenoxy) is 1. The van der Waals surface area contributed by atoms with Gasteiger partial charge in [-0.15, -0.1) is 0 Å². The minimum atomic E-state index is -3.47. The minimum Gasteiger partial charge on any atom is -0.377 e. The van der Waals surface area contributed by atoms with Crippen molar-refractivity contribution in [2.75, 3.05) is 24.7 Å². The maximum Gasteiger partial charge on any atom is 0.257 e. The quantitative estimate of drug-likeness (QED) is 0.810. The van der Waals surface area contributed by atoms with Crippen molar-refractivity contribution in [3.8, 4) is 0 Å². The summed E-state index contributed by atoms with van der Waals surface area (Å²) in [5.41, 5.74) is 1.78. The smallest absolute Gasteiger partial charge is 0.257 e. The van der Waals surface area contributed by atoms with E-state index in [-0.39, 0.29) is 11.9 Å². The highest BCUT2D eigenvalue weighted by Crippen LogP contribution is 2.17. The lowest BCUT2D eigenvalue weighted by molar-refractivity contribution is -0.127. The number of rotatable bonds is 5. The second-order valence-corrected chi connectivity index (χ2v) is 7.98. The van der Waals surface area contributed by atoms with E-state index in [9.17, 15) is 13.2 Å². The van der Waals surface area contributed by atoms with E-state index in [1.165, 1.54) is 5.01 Å². The average Bonchev–Trinajstić information content (AvgIpc) is 3.18. The van der Waals surface area contributed by atoms with E-state index in [4.69, 9.17) is 4.74 Å². The zero-order chi connectivity index (χ0) is 16.3. The van der Waals surface area contributed by atoms with Crippen LogP contribution in [-0.4, -0.2) is 55.8 Å². The van der Waals surface area contributed by atoms with E-state index in [1.807, 2.05) is 30.3 Å². The summed E-state index contributed by atoms with van der Waals surface area (Å²) >= 11 is 0. The number of carbonyl (C=O) groups excluding carboxylic acids is 1. The molecule has 0 aliphatic carbocycles. The number of nitrogens with zero attached hydrogens (tertiary/aromatic N) is 2. The molecular weight excluding hydrogens is 316 g/mol. The van der Waals surface area contributed by atoms with Crippen molar-refractivity contribution in [2.24, 2.45) is 5.10 Å². The van der Waals surface area contributed by atoms with Crippen LogP contribution >= 0.6 is 0 Å². The molecule has 6 nitrogen and oxygen atoms in total. The Kier molecular flexibility index (Phi) is 4.77. The summed E-state index contributed by atoms with van der Waals surface area (Å²) in [7, 11) is -3.47. The third kappa shape index (κ3) is 4.17. The molecular formula is C16H20N2O4S. The maximum absolute atomic E-state index is 12.2. The standard InChI is InChI=1S/C16H20N2O4S/c19-16(12-23(20,21)11-14-7-4-10-22-14)18-9-8-15(17-18)13-5-2-1-3-6-13/h1-3,5-6,14H,4,7-12H2. The molecule has 0 spiro atoms. The molecule has 1 aromatic carbocycles. The van der Waals surface area contributed by atoms with Gasteiger partial charge in [-0.3, -0.25) is 4.79 Å². The molecule has 1 amide bonds. The molecule has 124 valence electrons. The molecule has 0 radical (unpaired) electrons. The largest absolute Gasteiger partial charge is 0.377 e. The summed E-state index contributed by atoms with van der Waals surface area (Å²) in [5.74, 6) is -1.05. The van der Waals surface area contributed by atoms with Crippen molar-refractivity contribution in [1.29, 1.82) is 0 Å². The van der Waals surface area contributed by atoms with Gasteiger partial charge in [0.2, 0.25) is 0 Å². The SMILES string of the molecule is O=C(CS(=O)(=O)CC1CCCO1)N1CCC(c2ccccc2)=N1. The fourth-order valence-corrected chi connectivity index (χ4v) is 4.32. The van der Waals surface area contributed by atoms with E-state index in [1.54, 1.807) is 0 Å². The Morgan fingerprint density at radius 1 is 1.30 bits per heavy atom. The third-order valence-corrected chi connectivity index (χ3v) is 5.57. The van der Waals surface area contributed by atoms with Crippen molar-refractivity contribution < 1.29 is 17.9 Å². The fourth-order valence-electron chi connectivity index (χ4n) is 2.85. The van der Waals surface area contributed by atoms with Gasteiger partial charge in [0.15, 0.2) is 9.84 Å². The van der Waals surface area contributed by atoms with Gasteiger partial charge in [-0.2, -0.15) is 5.10 Å². The Morgan fingerprint density at radius 2 is 2.09 bits per heavy atom. The molecule has 23 heavy (non-hydrogen) atoms. The molecule has 0 N–H and O–H groups in total. The van der Waals surface area contributed by atoms with Gasteiger partial charge < -0.3 is 4.74 Å². The number of hydrogen-bond acceptors (Lipinski definition) is 5. The molecule has 2 heterocycles. The highest BCUT2D eigenvalue weighted by atomic mass is 32.2. The summed E-state index contributed by atoms with van der Waals surface area (Å²) in [6.45, 7) is 1.03. The van der Waals surface area contributed by atoms with Gasteiger partial charge in [-0.05, 0) is 18.4 Å². The van der Waals surface area contributed by atoms with Crippen LogP contribution < -0.4 is 0 Å². The molecule has 2 aliphatic rings. The van der Waals surface area contributed by atoms with E-state index in [2.05, 4.69) is 5.10 Å². The minimum absolute atomic E-state index is 0.0815. The first-order valence-electron chi connectivity index (χ1n) is 7.79. The first-order valence-corrected chi connectivity index (χ1v) is 9.61. The highest BCUT2D eigenvalue weighted by molar-refractivity contribution is 7.92. The summed E-state index contributed by atoms with van der Waals surface area (Å²) < 4.78 is 29.6. The molecule has 0 bridgehead atoms. The van der Waals surface area contributed by atoms with E-state index >= 15 is 0 Å². The van der Waals surface area contributed by atoms with Gasteiger partial charge in [-0.1, -0.05) is 30.3 Å². The number of carbonyl (C=O) groups is 1. The fraction of sp³-hybridized carbons (Fsp3) is 0.500. The molecule has 0 saturated carbocycles. The van der Waals surface area contributed by atoms with Gasteiger partial charge in [0.05, 0.1) is 24.1 Å².